The molecule has 14 heteroatoms. The van der Waals surface area contributed by atoms with Gasteiger partial charge in [-0.25, -0.2) is 17.5 Å². The van der Waals surface area contributed by atoms with Gasteiger partial charge in [-0.2, -0.15) is 26.3 Å². The number of urea groups is 1. The van der Waals surface area contributed by atoms with Crippen molar-refractivity contribution in [3.05, 3.63) is 34.9 Å². The molecular formula is C17H17F6N3O4S. The fourth-order valence-corrected chi connectivity index (χ4v) is 5.21. The maximum atomic E-state index is 13.1. The Kier molecular flexibility index (Phi) is 5.99. The second-order valence-corrected chi connectivity index (χ2v) is 9.32. The van der Waals surface area contributed by atoms with Crippen LogP contribution >= 0.6 is 0 Å². The SMILES string of the molecule is O=C1NC(=O)C(CS(=O)(=O)N2CCC(c3cc(C(F)(F)F)cc(C(F)(F)F)c3)CC2)N1. The third-order valence-electron chi connectivity index (χ3n) is 5.16. The number of nitrogens with one attached hydrogen (secondary N) is 2. The Morgan fingerprint density at radius 2 is 1.45 bits per heavy atom. The van der Waals surface area contributed by atoms with Crippen LogP contribution in [-0.2, 0) is 27.2 Å². The van der Waals surface area contributed by atoms with E-state index in [1.165, 1.54) is 0 Å². The van der Waals surface area contributed by atoms with Crippen LogP contribution < -0.4 is 10.6 Å². The molecule has 7 nitrogen and oxygen atoms in total. The fourth-order valence-electron chi connectivity index (χ4n) is 3.57. The van der Waals surface area contributed by atoms with Gasteiger partial charge >= 0.3 is 18.4 Å². The Labute approximate surface area is 172 Å². The Hall–Kier alpha value is -2.35. The number of amides is 3. The van der Waals surface area contributed by atoms with Crippen molar-refractivity contribution in [2.24, 2.45) is 0 Å². The van der Waals surface area contributed by atoms with Crippen LogP contribution in [0.15, 0.2) is 18.2 Å². The van der Waals surface area contributed by atoms with E-state index in [-0.39, 0.29) is 37.6 Å². The maximum Gasteiger partial charge on any atom is 0.416 e. The number of imide groups is 1. The molecule has 3 rings (SSSR count). The highest BCUT2D eigenvalue weighted by Gasteiger charge is 2.40. The molecule has 2 aliphatic heterocycles. The number of rotatable bonds is 4. The Bertz CT molecular complexity index is 952. The lowest BCUT2D eigenvalue weighted by Crippen LogP contribution is -2.45. The number of halogens is 6. The molecule has 0 spiro atoms. The minimum atomic E-state index is -4.97. The molecule has 0 aliphatic carbocycles. The van der Waals surface area contributed by atoms with Gasteiger partial charge in [-0.1, -0.05) is 0 Å². The summed E-state index contributed by atoms with van der Waals surface area (Å²) in [5, 5.41) is 4.06. The van der Waals surface area contributed by atoms with Crippen molar-refractivity contribution in [1.82, 2.24) is 14.9 Å². The quantitative estimate of drug-likeness (QED) is 0.519. The van der Waals surface area contributed by atoms with Crippen molar-refractivity contribution in [2.45, 2.75) is 37.2 Å². The molecular weight excluding hydrogens is 456 g/mol. The molecule has 1 aromatic carbocycles. The van der Waals surface area contributed by atoms with Crippen molar-refractivity contribution in [2.75, 3.05) is 18.8 Å². The van der Waals surface area contributed by atoms with Crippen LogP contribution in [-0.4, -0.2) is 49.5 Å². The lowest BCUT2D eigenvalue weighted by molar-refractivity contribution is -0.143. The number of carbonyl (C=O) groups excluding carboxylic acids is 2. The highest BCUT2D eigenvalue weighted by atomic mass is 32.2. The van der Waals surface area contributed by atoms with E-state index in [1.54, 1.807) is 0 Å². The van der Waals surface area contributed by atoms with Gasteiger partial charge in [0.05, 0.1) is 16.9 Å². The van der Waals surface area contributed by atoms with E-state index >= 15 is 0 Å². The first-order valence-corrected chi connectivity index (χ1v) is 10.7. The molecule has 0 aromatic heterocycles. The molecule has 3 amide bonds. The van der Waals surface area contributed by atoms with Crippen LogP contribution in [0.3, 0.4) is 0 Å². The van der Waals surface area contributed by atoms with E-state index in [1.807, 2.05) is 5.32 Å². The van der Waals surface area contributed by atoms with E-state index in [0.29, 0.717) is 12.1 Å². The lowest BCUT2D eigenvalue weighted by atomic mass is 9.88. The maximum absolute atomic E-state index is 13.1. The van der Waals surface area contributed by atoms with E-state index < -0.39 is 63.2 Å². The molecule has 31 heavy (non-hydrogen) atoms. The van der Waals surface area contributed by atoms with Crippen LogP contribution in [0.1, 0.15) is 35.4 Å². The lowest BCUT2D eigenvalue weighted by Gasteiger charge is -2.32. The van der Waals surface area contributed by atoms with Gasteiger partial charge in [0.25, 0.3) is 5.91 Å². The van der Waals surface area contributed by atoms with Crippen LogP contribution in [0.5, 0.6) is 0 Å². The summed E-state index contributed by atoms with van der Waals surface area (Å²) >= 11 is 0. The minimum Gasteiger partial charge on any atom is -0.325 e. The summed E-state index contributed by atoms with van der Waals surface area (Å²) in [7, 11) is -3.99. The van der Waals surface area contributed by atoms with Gasteiger partial charge in [0, 0.05) is 13.1 Å². The van der Waals surface area contributed by atoms with Crippen LogP contribution in [0.2, 0.25) is 0 Å². The topological polar surface area (TPSA) is 95.6 Å². The monoisotopic (exact) mass is 473 g/mol. The number of hydrogen-bond acceptors (Lipinski definition) is 4. The molecule has 0 radical (unpaired) electrons. The van der Waals surface area contributed by atoms with E-state index in [2.05, 4.69) is 5.32 Å². The summed E-state index contributed by atoms with van der Waals surface area (Å²) in [6.45, 7) is -0.292. The summed E-state index contributed by atoms with van der Waals surface area (Å²) < 4.78 is 104. The largest absolute Gasteiger partial charge is 0.416 e. The molecule has 2 aliphatic rings. The van der Waals surface area contributed by atoms with Gasteiger partial charge < -0.3 is 5.32 Å². The molecule has 1 atom stereocenters. The predicted octanol–water partition coefficient (Wildman–Crippen LogP) is 2.44. The van der Waals surface area contributed by atoms with Crippen molar-refractivity contribution in [3.8, 4) is 0 Å². The number of alkyl halides is 6. The average Bonchev–Trinajstić information content (AvgIpc) is 2.96. The van der Waals surface area contributed by atoms with Gasteiger partial charge in [-0.15, -0.1) is 0 Å². The zero-order valence-corrected chi connectivity index (χ0v) is 16.5. The van der Waals surface area contributed by atoms with Crippen LogP contribution in [0.4, 0.5) is 31.1 Å². The number of benzene rings is 1. The van der Waals surface area contributed by atoms with Gasteiger partial charge in [0.2, 0.25) is 10.0 Å². The van der Waals surface area contributed by atoms with Gasteiger partial charge in [-0.05, 0) is 42.5 Å². The zero-order valence-electron chi connectivity index (χ0n) is 15.7. The first-order valence-electron chi connectivity index (χ1n) is 9.05. The summed E-state index contributed by atoms with van der Waals surface area (Å²) in [5.41, 5.74) is -3.01. The molecule has 0 saturated carbocycles. The predicted molar refractivity (Wildman–Crippen MR) is 94.2 cm³/mol. The second kappa shape index (κ2) is 7.97. The normalized spacial score (nSPS) is 21.8. The van der Waals surface area contributed by atoms with Crippen molar-refractivity contribution < 1.29 is 44.3 Å². The zero-order chi connectivity index (χ0) is 23.2. The average molecular weight is 473 g/mol. The highest BCUT2D eigenvalue weighted by molar-refractivity contribution is 7.89. The van der Waals surface area contributed by atoms with Crippen molar-refractivity contribution in [3.63, 3.8) is 0 Å². The summed E-state index contributed by atoms with van der Waals surface area (Å²) in [6.07, 6.45) is -9.93. The second-order valence-electron chi connectivity index (χ2n) is 7.31. The standard InChI is InChI=1S/C17H17F6N3O4S/c18-16(19,20)11-5-10(6-12(7-11)17(21,22)23)9-1-3-26(4-2-9)31(29,30)8-13-14(27)25-15(28)24-13/h5-7,9,13H,1-4,8H2,(H2,24,25,27,28). The number of nitrogens with zero attached hydrogens (tertiary/aromatic N) is 1. The molecule has 2 saturated heterocycles. The molecule has 2 heterocycles. The molecule has 2 N–H and O–H groups in total. The van der Waals surface area contributed by atoms with E-state index in [9.17, 15) is 44.3 Å². The smallest absolute Gasteiger partial charge is 0.325 e. The third-order valence-corrected chi connectivity index (χ3v) is 7.07. The number of sulfonamides is 1. The summed E-state index contributed by atoms with van der Waals surface area (Å²) in [6, 6.07) is -0.739. The van der Waals surface area contributed by atoms with Crippen LogP contribution in [0, 0.1) is 0 Å². The first-order chi connectivity index (χ1) is 14.2. The number of piperidine rings is 1. The van der Waals surface area contributed by atoms with Gasteiger partial charge in [-0.3, -0.25) is 10.1 Å². The van der Waals surface area contributed by atoms with Crippen molar-refractivity contribution in [1.29, 1.82) is 0 Å². The van der Waals surface area contributed by atoms with Crippen LogP contribution in [0.25, 0.3) is 0 Å². The fraction of sp³-hybridized carbons (Fsp3) is 0.529. The van der Waals surface area contributed by atoms with E-state index in [4.69, 9.17) is 0 Å². The Morgan fingerprint density at radius 3 is 1.87 bits per heavy atom. The van der Waals surface area contributed by atoms with E-state index in [0.717, 1.165) is 4.31 Å². The summed E-state index contributed by atoms with van der Waals surface area (Å²) in [4.78, 5) is 22.7. The van der Waals surface area contributed by atoms with Crippen molar-refractivity contribution >= 4 is 22.0 Å². The molecule has 172 valence electrons. The van der Waals surface area contributed by atoms with Gasteiger partial charge in [0.15, 0.2) is 0 Å². The molecule has 2 fully saturated rings. The summed E-state index contributed by atoms with van der Waals surface area (Å²) in [5.74, 6) is -2.20. The minimum absolute atomic E-state index is 0.00105. The first kappa shape index (κ1) is 23.3. The Balaban J connectivity index is 1.74. The highest BCUT2D eigenvalue weighted by Crippen LogP contribution is 2.39. The van der Waals surface area contributed by atoms with Gasteiger partial charge in [0.1, 0.15) is 6.04 Å². The molecule has 1 aromatic rings. The molecule has 0 bridgehead atoms. The Morgan fingerprint density at radius 1 is 0.935 bits per heavy atom. The molecule has 1 unspecified atom stereocenters. The number of hydrogen-bond donors (Lipinski definition) is 2. The number of carbonyl (C=O) groups is 2. The third kappa shape index (κ3) is 5.29.